The first-order chi connectivity index (χ1) is 4.16. The van der Waals surface area contributed by atoms with E-state index >= 15 is 0 Å². The number of nitrogens with zero attached hydrogens (tertiary/aromatic N) is 1. The smallest absolute Gasteiger partial charge is 0.0406 e. The Balaban J connectivity index is 2.17. The van der Waals surface area contributed by atoms with E-state index in [2.05, 4.69) is 31.1 Å². The van der Waals surface area contributed by atoms with Crippen LogP contribution in [0.25, 0.3) is 0 Å². The second-order valence-electron chi connectivity index (χ2n) is 3.24. The van der Waals surface area contributed by atoms with Crippen LogP contribution >= 0.6 is 0 Å². The van der Waals surface area contributed by atoms with Crippen LogP contribution in [0.1, 0.15) is 13.8 Å². The fourth-order valence-electron chi connectivity index (χ4n) is 0.970. The molecular weight excluding hydrogens is 112 g/mol. The monoisotopic (exact) mass is 128 g/mol. The topological polar surface area (TPSA) is 25.2 Å². The molecule has 1 N–H and O–H groups in total. The molecule has 1 aliphatic rings. The molecular formula is C7H16N2. The number of nitrogens with one attached hydrogen (secondary N) is 1. The summed E-state index contributed by atoms with van der Waals surface area (Å²) in [7, 11) is 2.16. The lowest BCUT2D eigenvalue weighted by Gasteiger charge is -2.16. The zero-order valence-corrected chi connectivity index (χ0v) is 6.57. The third kappa shape index (κ3) is 1.95. The summed E-state index contributed by atoms with van der Waals surface area (Å²) in [5.41, 5.74) is 0.449. The van der Waals surface area contributed by atoms with Gasteiger partial charge in [-0.3, -0.25) is 0 Å². The lowest BCUT2D eigenvalue weighted by Crippen LogP contribution is -2.31. The Bertz CT molecular complexity index is 97.1. The van der Waals surface area contributed by atoms with Crippen LogP contribution in [-0.2, 0) is 0 Å². The highest BCUT2D eigenvalue weighted by Crippen LogP contribution is 2.15. The maximum atomic E-state index is 3.33. The fraction of sp³-hybridized carbons (Fsp3) is 1.00. The van der Waals surface area contributed by atoms with E-state index in [1.54, 1.807) is 0 Å². The summed E-state index contributed by atoms with van der Waals surface area (Å²) < 4.78 is 0. The van der Waals surface area contributed by atoms with Crippen molar-refractivity contribution in [1.29, 1.82) is 0 Å². The third-order valence-corrected chi connectivity index (χ3v) is 1.94. The Morgan fingerprint density at radius 2 is 2.22 bits per heavy atom. The van der Waals surface area contributed by atoms with E-state index in [9.17, 15) is 0 Å². The van der Waals surface area contributed by atoms with Crippen molar-refractivity contribution >= 4 is 0 Å². The number of likely N-dealkylation sites (N-methyl/N-ethyl adjacent to an activating group) is 1. The first-order valence-electron chi connectivity index (χ1n) is 3.60. The van der Waals surface area contributed by atoms with Crippen LogP contribution in [0.3, 0.4) is 0 Å². The van der Waals surface area contributed by atoms with Crippen molar-refractivity contribution in [3.05, 3.63) is 0 Å². The Morgan fingerprint density at radius 1 is 1.67 bits per heavy atom. The summed E-state index contributed by atoms with van der Waals surface area (Å²) in [6.45, 7) is 7.98. The van der Waals surface area contributed by atoms with Crippen molar-refractivity contribution in [1.82, 2.24) is 10.2 Å². The first-order valence-corrected chi connectivity index (χ1v) is 3.60. The van der Waals surface area contributed by atoms with Gasteiger partial charge in [0.1, 0.15) is 0 Å². The second kappa shape index (κ2) is 2.27. The molecule has 54 valence electrons. The second-order valence-corrected chi connectivity index (χ2v) is 3.24. The molecule has 0 bridgehead atoms. The summed E-state index contributed by atoms with van der Waals surface area (Å²) in [5.74, 6) is 0. The van der Waals surface area contributed by atoms with Gasteiger partial charge in [-0.1, -0.05) is 6.92 Å². The number of hydrogen-bond acceptors (Lipinski definition) is 2. The Hall–Kier alpha value is -0.0800. The van der Waals surface area contributed by atoms with Crippen LogP contribution in [0.5, 0.6) is 0 Å². The lowest BCUT2D eigenvalue weighted by atomic mass is 10.2. The predicted molar refractivity (Wildman–Crippen MR) is 39.6 cm³/mol. The van der Waals surface area contributed by atoms with Gasteiger partial charge in [-0.15, -0.1) is 0 Å². The van der Waals surface area contributed by atoms with Crippen molar-refractivity contribution in [2.75, 3.05) is 26.7 Å². The molecule has 0 aliphatic carbocycles. The van der Waals surface area contributed by atoms with E-state index in [0.29, 0.717) is 5.54 Å². The van der Waals surface area contributed by atoms with E-state index < -0.39 is 0 Å². The number of rotatable bonds is 3. The molecule has 1 atom stereocenters. The molecule has 0 aromatic heterocycles. The Labute approximate surface area is 57.2 Å². The standard InChI is InChI=1S/C7H16N2/c1-4-9(3)6-7(2)5-8-7/h8H,4-6H2,1-3H3. The minimum atomic E-state index is 0.449. The summed E-state index contributed by atoms with van der Waals surface area (Å²) in [4.78, 5) is 2.33. The summed E-state index contributed by atoms with van der Waals surface area (Å²) >= 11 is 0. The molecule has 0 spiro atoms. The molecule has 1 saturated heterocycles. The van der Waals surface area contributed by atoms with E-state index in [0.717, 1.165) is 6.54 Å². The van der Waals surface area contributed by atoms with Gasteiger partial charge in [-0.2, -0.15) is 0 Å². The molecule has 0 aromatic carbocycles. The molecule has 1 aliphatic heterocycles. The molecule has 9 heavy (non-hydrogen) atoms. The van der Waals surface area contributed by atoms with Crippen molar-refractivity contribution < 1.29 is 0 Å². The van der Waals surface area contributed by atoms with Gasteiger partial charge in [-0.05, 0) is 20.5 Å². The minimum absolute atomic E-state index is 0.449. The molecule has 1 unspecified atom stereocenters. The zero-order chi connectivity index (χ0) is 6.91. The lowest BCUT2D eigenvalue weighted by molar-refractivity contribution is 0.321. The van der Waals surface area contributed by atoms with E-state index in [-0.39, 0.29) is 0 Å². The largest absolute Gasteiger partial charge is 0.307 e. The zero-order valence-electron chi connectivity index (χ0n) is 6.57. The number of hydrogen-bond donors (Lipinski definition) is 1. The third-order valence-electron chi connectivity index (χ3n) is 1.94. The van der Waals surface area contributed by atoms with Crippen LogP contribution in [-0.4, -0.2) is 37.1 Å². The van der Waals surface area contributed by atoms with Gasteiger partial charge in [0.2, 0.25) is 0 Å². The maximum absolute atomic E-state index is 3.33. The molecule has 0 aromatic rings. The SMILES string of the molecule is CCN(C)CC1(C)CN1. The molecule has 0 amide bonds. The molecule has 2 heteroatoms. The highest BCUT2D eigenvalue weighted by Gasteiger charge is 2.36. The van der Waals surface area contributed by atoms with E-state index in [4.69, 9.17) is 0 Å². The molecule has 1 fully saturated rings. The van der Waals surface area contributed by atoms with Crippen molar-refractivity contribution in [3.8, 4) is 0 Å². The Morgan fingerprint density at radius 3 is 2.56 bits per heavy atom. The van der Waals surface area contributed by atoms with E-state index in [1.165, 1.54) is 13.1 Å². The first kappa shape index (κ1) is 7.03. The molecule has 1 rings (SSSR count). The molecule has 0 saturated carbocycles. The summed E-state index contributed by atoms with van der Waals surface area (Å²) in [6.07, 6.45) is 0. The molecule has 2 nitrogen and oxygen atoms in total. The average Bonchev–Trinajstić information content (AvgIpc) is 2.48. The van der Waals surface area contributed by atoms with Crippen LogP contribution in [0.2, 0.25) is 0 Å². The van der Waals surface area contributed by atoms with Crippen molar-refractivity contribution in [3.63, 3.8) is 0 Å². The Kier molecular flexibility index (Phi) is 1.78. The van der Waals surface area contributed by atoms with Gasteiger partial charge in [0.15, 0.2) is 0 Å². The van der Waals surface area contributed by atoms with Gasteiger partial charge in [0.25, 0.3) is 0 Å². The van der Waals surface area contributed by atoms with Crippen molar-refractivity contribution in [2.45, 2.75) is 19.4 Å². The minimum Gasteiger partial charge on any atom is -0.307 e. The van der Waals surface area contributed by atoms with Crippen LogP contribution in [0, 0.1) is 0 Å². The predicted octanol–water partition coefficient (Wildman–Crippen LogP) is 0.300. The summed E-state index contributed by atoms with van der Waals surface area (Å²) in [6, 6.07) is 0. The average molecular weight is 128 g/mol. The van der Waals surface area contributed by atoms with Gasteiger partial charge in [-0.25, -0.2) is 0 Å². The van der Waals surface area contributed by atoms with Gasteiger partial charge >= 0.3 is 0 Å². The quantitative estimate of drug-likeness (QED) is 0.553. The van der Waals surface area contributed by atoms with Crippen LogP contribution in [0.15, 0.2) is 0 Å². The van der Waals surface area contributed by atoms with Gasteiger partial charge < -0.3 is 10.2 Å². The normalized spacial score (nSPS) is 33.3. The van der Waals surface area contributed by atoms with Crippen LogP contribution in [0.4, 0.5) is 0 Å². The fourth-order valence-corrected chi connectivity index (χ4v) is 0.970. The van der Waals surface area contributed by atoms with E-state index in [1.807, 2.05) is 0 Å². The molecule has 0 radical (unpaired) electrons. The molecule has 1 heterocycles. The van der Waals surface area contributed by atoms with Crippen molar-refractivity contribution in [2.24, 2.45) is 0 Å². The maximum Gasteiger partial charge on any atom is 0.0406 e. The highest BCUT2D eigenvalue weighted by molar-refractivity contribution is 5.01. The highest BCUT2D eigenvalue weighted by atomic mass is 15.2. The van der Waals surface area contributed by atoms with Gasteiger partial charge in [0, 0.05) is 18.6 Å². The van der Waals surface area contributed by atoms with Gasteiger partial charge in [0.05, 0.1) is 0 Å². The van der Waals surface area contributed by atoms with Crippen LogP contribution < -0.4 is 5.32 Å². The summed E-state index contributed by atoms with van der Waals surface area (Å²) in [5, 5.41) is 3.33.